The van der Waals surface area contributed by atoms with E-state index in [9.17, 15) is 9.59 Å². The number of hydrogen-bond acceptors (Lipinski definition) is 5. The Morgan fingerprint density at radius 1 is 1.17 bits per heavy atom. The number of thiazole rings is 1. The number of amides is 2. The van der Waals surface area contributed by atoms with E-state index in [0.717, 1.165) is 49.5 Å². The van der Waals surface area contributed by atoms with Gasteiger partial charge in [0.05, 0.1) is 0 Å². The van der Waals surface area contributed by atoms with Gasteiger partial charge >= 0.3 is 0 Å². The van der Waals surface area contributed by atoms with Crippen LogP contribution in [0.3, 0.4) is 0 Å². The first-order chi connectivity index (χ1) is 14.0. The number of carbonyl (C=O) groups excluding carboxylic acids is 2. The maximum atomic E-state index is 12.8. The summed E-state index contributed by atoms with van der Waals surface area (Å²) >= 11 is 7.38. The number of aromatic nitrogens is 1. The first-order valence-electron chi connectivity index (χ1n) is 10.1. The maximum Gasteiger partial charge on any atom is 0.280 e. The van der Waals surface area contributed by atoms with Gasteiger partial charge in [-0.05, 0) is 37.5 Å². The molecule has 0 bridgehead atoms. The summed E-state index contributed by atoms with van der Waals surface area (Å²) in [7, 11) is 0. The van der Waals surface area contributed by atoms with E-state index in [1.54, 1.807) is 5.38 Å². The molecule has 0 unspecified atom stereocenters. The van der Waals surface area contributed by atoms with Gasteiger partial charge in [0.25, 0.3) is 11.8 Å². The number of rotatable bonds is 4. The monoisotopic (exact) mass is 432 g/mol. The summed E-state index contributed by atoms with van der Waals surface area (Å²) in [5.41, 5.74) is 2.65. The number of nitrogens with zero attached hydrogens (tertiary/aromatic N) is 3. The number of anilines is 1. The van der Waals surface area contributed by atoms with E-state index in [4.69, 9.17) is 11.6 Å². The van der Waals surface area contributed by atoms with Crippen LogP contribution in [0.2, 0.25) is 5.02 Å². The van der Waals surface area contributed by atoms with Crippen molar-refractivity contribution in [2.75, 3.05) is 31.1 Å². The van der Waals surface area contributed by atoms with Crippen LogP contribution < -0.4 is 10.2 Å². The highest BCUT2D eigenvalue weighted by molar-refractivity contribution is 7.11. The Morgan fingerprint density at radius 2 is 1.90 bits per heavy atom. The van der Waals surface area contributed by atoms with Crippen molar-refractivity contribution in [3.63, 3.8) is 0 Å². The minimum absolute atomic E-state index is 0.108. The Morgan fingerprint density at radius 3 is 2.62 bits per heavy atom. The van der Waals surface area contributed by atoms with E-state index in [2.05, 4.69) is 22.1 Å². The minimum Gasteiger partial charge on any atom is -0.368 e. The maximum absolute atomic E-state index is 12.8. The van der Waals surface area contributed by atoms with Crippen LogP contribution in [-0.2, 0) is 0 Å². The van der Waals surface area contributed by atoms with E-state index in [1.807, 2.05) is 23.1 Å². The molecule has 0 radical (unpaired) electrons. The van der Waals surface area contributed by atoms with Gasteiger partial charge in [-0.15, -0.1) is 11.3 Å². The molecule has 2 aromatic rings. The molecule has 0 spiro atoms. The molecule has 1 aromatic heterocycles. The number of nitrogens with one attached hydrogen (secondary N) is 1. The smallest absolute Gasteiger partial charge is 0.280 e. The van der Waals surface area contributed by atoms with Gasteiger partial charge in [-0.2, -0.15) is 0 Å². The van der Waals surface area contributed by atoms with Gasteiger partial charge in [0.15, 0.2) is 5.01 Å². The van der Waals surface area contributed by atoms with Crippen LogP contribution >= 0.6 is 22.9 Å². The third-order valence-electron chi connectivity index (χ3n) is 5.69. The topological polar surface area (TPSA) is 65.5 Å². The average Bonchev–Trinajstić information content (AvgIpc) is 3.41. The second-order valence-corrected chi connectivity index (χ2v) is 9.00. The number of benzene rings is 1. The standard InChI is InChI=1S/C21H25ClN4O2S/c1-14-6-7-15(22)12-18(14)25-8-10-26(11-9-25)21(28)17-13-29-20(24-17)19(27)23-16-4-2-3-5-16/h6-7,12-13,16H,2-5,8-11H2,1H3,(H,23,27). The lowest BCUT2D eigenvalue weighted by Gasteiger charge is -2.36. The molecule has 154 valence electrons. The summed E-state index contributed by atoms with van der Waals surface area (Å²) in [4.78, 5) is 33.6. The fourth-order valence-corrected chi connectivity index (χ4v) is 4.89. The molecular weight excluding hydrogens is 408 g/mol. The molecule has 2 fully saturated rings. The lowest BCUT2D eigenvalue weighted by molar-refractivity contribution is 0.0741. The van der Waals surface area contributed by atoms with Crippen molar-refractivity contribution in [1.29, 1.82) is 0 Å². The van der Waals surface area contributed by atoms with E-state index in [-0.39, 0.29) is 17.9 Å². The van der Waals surface area contributed by atoms with Crippen molar-refractivity contribution >= 4 is 40.4 Å². The summed E-state index contributed by atoms with van der Waals surface area (Å²) in [5, 5.41) is 5.81. The van der Waals surface area contributed by atoms with Crippen molar-refractivity contribution in [2.45, 2.75) is 38.6 Å². The molecule has 1 N–H and O–H groups in total. The normalized spacial score (nSPS) is 17.6. The molecule has 6 nitrogen and oxygen atoms in total. The predicted molar refractivity (Wildman–Crippen MR) is 116 cm³/mol. The first kappa shape index (κ1) is 20.2. The van der Waals surface area contributed by atoms with Gasteiger partial charge in [0.1, 0.15) is 5.69 Å². The molecule has 1 aliphatic carbocycles. The van der Waals surface area contributed by atoms with Crippen molar-refractivity contribution in [2.24, 2.45) is 0 Å². The zero-order valence-corrected chi connectivity index (χ0v) is 18.1. The van der Waals surface area contributed by atoms with Crippen LogP contribution in [0.4, 0.5) is 5.69 Å². The van der Waals surface area contributed by atoms with Crippen LogP contribution in [0.5, 0.6) is 0 Å². The number of carbonyl (C=O) groups is 2. The van der Waals surface area contributed by atoms with Crippen LogP contribution in [0.15, 0.2) is 23.6 Å². The van der Waals surface area contributed by atoms with Crippen LogP contribution in [-0.4, -0.2) is 53.9 Å². The molecule has 4 rings (SSSR count). The fraction of sp³-hybridized carbons (Fsp3) is 0.476. The predicted octanol–water partition coefficient (Wildman–Crippen LogP) is 3.74. The van der Waals surface area contributed by atoms with Crippen molar-refractivity contribution in [3.8, 4) is 0 Å². The van der Waals surface area contributed by atoms with Gasteiger partial charge in [-0.1, -0.05) is 30.5 Å². The van der Waals surface area contributed by atoms with E-state index < -0.39 is 0 Å². The molecule has 1 saturated carbocycles. The first-order valence-corrected chi connectivity index (χ1v) is 11.3. The molecule has 2 aliphatic rings. The Hall–Kier alpha value is -2.12. The zero-order chi connectivity index (χ0) is 20.4. The number of halogens is 1. The molecule has 0 atom stereocenters. The number of aryl methyl sites for hydroxylation is 1. The van der Waals surface area contributed by atoms with Gasteiger partial charge in [0, 0.05) is 48.3 Å². The van der Waals surface area contributed by atoms with Crippen LogP contribution in [0.1, 0.15) is 51.5 Å². The third-order valence-corrected chi connectivity index (χ3v) is 6.76. The Kier molecular flexibility index (Phi) is 6.06. The second-order valence-electron chi connectivity index (χ2n) is 7.70. The number of piperazine rings is 1. The summed E-state index contributed by atoms with van der Waals surface area (Å²) in [6.07, 6.45) is 4.37. The van der Waals surface area contributed by atoms with Gasteiger partial charge in [-0.3, -0.25) is 9.59 Å². The van der Waals surface area contributed by atoms with Gasteiger partial charge in [0.2, 0.25) is 0 Å². The molecule has 1 aromatic carbocycles. The summed E-state index contributed by atoms with van der Waals surface area (Å²) in [5.74, 6) is -0.272. The Bertz CT molecular complexity index is 902. The van der Waals surface area contributed by atoms with Gasteiger partial charge in [-0.25, -0.2) is 4.98 Å². The summed E-state index contributed by atoms with van der Waals surface area (Å²) < 4.78 is 0. The quantitative estimate of drug-likeness (QED) is 0.799. The molecular formula is C21H25ClN4O2S. The highest BCUT2D eigenvalue weighted by Gasteiger charge is 2.26. The van der Waals surface area contributed by atoms with E-state index >= 15 is 0 Å². The van der Waals surface area contributed by atoms with Gasteiger partial charge < -0.3 is 15.1 Å². The molecule has 1 saturated heterocycles. The van der Waals surface area contributed by atoms with E-state index in [0.29, 0.717) is 23.8 Å². The van der Waals surface area contributed by atoms with E-state index in [1.165, 1.54) is 16.9 Å². The lowest BCUT2D eigenvalue weighted by atomic mass is 10.1. The lowest BCUT2D eigenvalue weighted by Crippen LogP contribution is -2.49. The van der Waals surface area contributed by atoms with Crippen LogP contribution in [0.25, 0.3) is 0 Å². The molecule has 29 heavy (non-hydrogen) atoms. The minimum atomic E-state index is -0.165. The largest absolute Gasteiger partial charge is 0.368 e. The highest BCUT2D eigenvalue weighted by Crippen LogP contribution is 2.26. The molecule has 1 aliphatic heterocycles. The summed E-state index contributed by atoms with van der Waals surface area (Å²) in [6.45, 7) is 4.78. The van der Waals surface area contributed by atoms with Crippen molar-refractivity contribution in [3.05, 3.63) is 44.9 Å². The second kappa shape index (κ2) is 8.71. The third kappa shape index (κ3) is 4.56. The summed E-state index contributed by atoms with van der Waals surface area (Å²) in [6, 6.07) is 6.13. The van der Waals surface area contributed by atoms with Crippen molar-refractivity contribution < 1.29 is 9.59 Å². The molecule has 2 amide bonds. The van der Waals surface area contributed by atoms with Crippen molar-refractivity contribution in [1.82, 2.24) is 15.2 Å². The van der Waals surface area contributed by atoms with Crippen LogP contribution in [0, 0.1) is 6.92 Å². The SMILES string of the molecule is Cc1ccc(Cl)cc1N1CCN(C(=O)c2csc(C(=O)NC3CCCC3)n2)CC1. The average molecular weight is 433 g/mol. The Labute approximate surface area is 179 Å². The zero-order valence-electron chi connectivity index (χ0n) is 16.5. The molecule has 8 heteroatoms. The Balaban J connectivity index is 1.35. The highest BCUT2D eigenvalue weighted by atomic mass is 35.5. The fourth-order valence-electron chi connectivity index (χ4n) is 4.03. The number of hydrogen-bond donors (Lipinski definition) is 1. The molecule has 2 heterocycles.